The van der Waals surface area contributed by atoms with Crippen molar-refractivity contribution in [1.29, 1.82) is 5.26 Å². The molecule has 1 atom stereocenters. The van der Waals surface area contributed by atoms with Crippen LogP contribution in [0.4, 0.5) is 23.7 Å². The van der Waals surface area contributed by atoms with Gasteiger partial charge in [-0.15, -0.1) is 0 Å². The van der Waals surface area contributed by atoms with Gasteiger partial charge in [0.15, 0.2) is 0 Å². The van der Waals surface area contributed by atoms with Crippen molar-refractivity contribution < 1.29 is 33.0 Å². The number of rotatable bonds is 3. The second-order valence-electron chi connectivity index (χ2n) is 6.45. The van der Waals surface area contributed by atoms with Crippen LogP contribution in [-0.4, -0.2) is 33.8 Å². The summed E-state index contributed by atoms with van der Waals surface area (Å²) in [7, 11) is 0. The number of nitrogens with zero attached hydrogens (tertiary/aromatic N) is 3. The lowest BCUT2D eigenvalue weighted by atomic mass is 9.90. The topological polar surface area (TPSA) is 105 Å². The van der Waals surface area contributed by atoms with E-state index in [2.05, 4.69) is 0 Å². The Morgan fingerprint density at radius 1 is 1.14 bits per heavy atom. The highest BCUT2D eigenvalue weighted by Crippen LogP contribution is 2.41. The van der Waals surface area contributed by atoms with Crippen LogP contribution in [0.3, 0.4) is 0 Å². The molecular formula is C19H14F3N3O4. The molecule has 0 saturated carbocycles. The van der Waals surface area contributed by atoms with E-state index in [9.17, 15) is 33.0 Å². The summed E-state index contributed by atoms with van der Waals surface area (Å²) >= 11 is 0. The number of amides is 3. The van der Waals surface area contributed by atoms with E-state index in [0.29, 0.717) is 11.0 Å². The molecular weight excluding hydrogens is 391 g/mol. The third-order valence-electron chi connectivity index (χ3n) is 4.84. The molecule has 1 aliphatic rings. The molecule has 150 valence electrons. The first-order chi connectivity index (χ1) is 13.6. The summed E-state index contributed by atoms with van der Waals surface area (Å²) in [5.74, 6) is -0.983. The molecule has 0 radical (unpaired) electrons. The third-order valence-corrected chi connectivity index (χ3v) is 4.84. The molecule has 0 spiro atoms. The van der Waals surface area contributed by atoms with Crippen molar-refractivity contribution in [2.45, 2.75) is 18.6 Å². The number of alkyl halides is 3. The van der Waals surface area contributed by atoms with Crippen molar-refractivity contribution in [3.05, 3.63) is 59.2 Å². The van der Waals surface area contributed by atoms with Crippen LogP contribution in [-0.2, 0) is 16.5 Å². The number of hydrogen-bond donors (Lipinski definition) is 2. The number of aliphatic hydroxyl groups excluding tert-OH is 1. The van der Waals surface area contributed by atoms with E-state index >= 15 is 0 Å². The molecule has 2 aromatic carbocycles. The van der Waals surface area contributed by atoms with E-state index in [-0.39, 0.29) is 17.0 Å². The standard InChI is InChI=1S/C19H14F3N3O4/c1-18(12-3-6-14(27)7-4-12)16(28)25(17(29)24(18)10-26)13-5-2-11(9-23)15(8-13)19(20,21)22/h2-8,26-27H,10H2,1H3. The van der Waals surface area contributed by atoms with Crippen molar-refractivity contribution >= 4 is 17.6 Å². The van der Waals surface area contributed by atoms with Crippen molar-refractivity contribution in [1.82, 2.24) is 4.90 Å². The van der Waals surface area contributed by atoms with E-state index in [1.54, 1.807) is 0 Å². The van der Waals surface area contributed by atoms with Gasteiger partial charge in [0, 0.05) is 0 Å². The van der Waals surface area contributed by atoms with Gasteiger partial charge in [0.25, 0.3) is 5.91 Å². The predicted molar refractivity (Wildman–Crippen MR) is 93.4 cm³/mol. The van der Waals surface area contributed by atoms with Gasteiger partial charge in [-0.1, -0.05) is 12.1 Å². The quantitative estimate of drug-likeness (QED) is 0.764. The van der Waals surface area contributed by atoms with Crippen LogP contribution >= 0.6 is 0 Å². The van der Waals surface area contributed by atoms with Gasteiger partial charge in [-0.2, -0.15) is 18.4 Å². The number of aromatic hydroxyl groups is 1. The zero-order valence-electron chi connectivity index (χ0n) is 14.9. The predicted octanol–water partition coefficient (Wildman–Crippen LogP) is 2.92. The van der Waals surface area contributed by atoms with Gasteiger partial charge < -0.3 is 10.2 Å². The smallest absolute Gasteiger partial charge is 0.417 e. The van der Waals surface area contributed by atoms with Gasteiger partial charge in [0.2, 0.25) is 0 Å². The largest absolute Gasteiger partial charge is 0.508 e. The maximum atomic E-state index is 13.3. The van der Waals surface area contributed by atoms with Crippen molar-refractivity contribution in [2.75, 3.05) is 11.6 Å². The second-order valence-corrected chi connectivity index (χ2v) is 6.45. The van der Waals surface area contributed by atoms with Crippen molar-refractivity contribution in [3.8, 4) is 11.8 Å². The Morgan fingerprint density at radius 3 is 2.28 bits per heavy atom. The van der Waals surface area contributed by atoms with Crippen LogP contribution in [0.2, 0.25) is 0 Å². The summed E-state index contributed by atoms with van der Waals surface area (Å²) in [5, 5.41) is 28.1. The first-order valence-corrected chi connectivity index (χ1v) is 8.23. The number of phenols is 1. The number of benzene rings is 2. The number of halogens is 3. The number of carbonyl (C=O) groups is 2. The Balaban J connectivity index is 2.15. The number of aliphatic hydroxyl groups is 1. The number of nitriles is 1. The summed E-state index contributed by atoms with van der Waals surface area (Å²) < 4.78 is 39.8. The number of hydrogen-bond acceptors (Lipinski definition) is 5. The zero-order valence-corrected chi connectivity index (χ0v) is 14.9. The number of phenolic OH excluding ortho intramolecular Hbond substituents is 1. The molecule has 1 fully saturated rings. The lowest BCUT2D eigenvalue weighted by molar-refractivity contribution is -0.137. The zero-order chi connectivity index (χ0) is 21.6. The van der Waals surface area contributed by atoms with E-state index in [4.69, 9.17) is 5.26 Å². The van der Waals surface area contributed by atoms with E-state index in [0.717, 1.165) is 17.0 Å². The molecule has 3 rings (SSSR count). The molecule has 2 aromatic rings. The first kappa shape index (κ1) is 20.2. The Hall–Kier alpha value is -3.58. The molecule has 0 bridgehead atoms. The lowest BCUT2D eigenvalue weighted by Gasteiger charge is -2.30. The minimum atomic E-state index is -4.87. The van der Waals surface area contributed by atoms with Crippen LogP contribution in [0, 0.1) is 11.3 Å². The number of urea groups is 1. The van der Waals surface area contributed by atoms with Crippen LogP contribution in [0.5, 0.6) is 5.75 Å². The van der Waals surface area contributed by atoms with Gasteiger partial charge >= 0.3 is 12.2 Å². The molecule has 29 heavy (non-hydrogen) atoms. The Morgan fingerprint density at radius 2 is 1.76 bits per heavy atom. The van der Waals surface area contributed by atoms with Crippen LogP contribution in [0.25, 0.3) is 0 Å². The molecule has 2 N–H and O–H groups in total. The SMILES string of the molecule is CC1(c2ccc(O)cc2)C(=O)N(c2ccc(C#N)c(C(F)(F)F)c2)C(=O)N1CO. The fraction of sp³-hybridized carbons (Fsp3) is 0.211. The van der Waals surface area contributed by atoms with Crippen molar-refractivity contribution in [2.24, 2.45) is 0 Å². The molecule has 1 saturated heterocycles. The second kappa shape index (κ2) is 6.79. The Kier molecular flexibility index (Phi) is 4.72. The summed E-state index contributed by atoms with van der Waals surface area (Å²) in [6, 6.07) is 8.17. The van der Waals surface area contributed by atoms with Crippen LogP contribution in [0.1, 0.15) is 23.6 Å². The Labute approximate surface area is 162 Å². The monoisotopic (exact) mass is 405 g/mol. The van der Waals surface area contributed by atoms with E-state index in [1.165, 1.54) is 37.3 Å². The molecule has 7 nitrogen and oxygen atoms in total. The van der Waals surface area contributed by atoms with Crippen LogP contribution in [0.15, 0.2) is 42.5 Å². The molecule has 1 aliphatic heterocycles. The average Bonchev–Trinajstić information content (AvgIpc) is 2.87. The summed E-state index contributed by atoms with van der Waals surface area (Å²) in [4.78, 5) is 27.3. The molecule has 0 aliphatic carbocycles. The maximum absolute atomic E-state index is 13.3. The average molecular weight is 405 g/mol. The van der Waals surface area contributed by atoms with Gasteiger partial charge in [0.05, 0.1) is 22.9 Å². The normalized spacial score (nSPS) is 19.6. The molecule has 1 unspecified atom stereocenters. The highest BCUT2D eigenvalue weighted by molar-refractivity contribution is 6.23. The fourth-order valence-electron chi connectivity index (χ4n) is 3.23. The van der Waals surface area contributed by atoms with E-state index in [1.807, 2.05) is 0 Å². The van der Waals surface area contributed by atoms with Crippen LogP contribution < -0.4 is 4.90 Å². The Bertz CT molecular complexity index is 1030. The molecule has 1 heterocycles. The minimum absolute atomic E-state index is 0.0940. The molecule has 3 amide bonds. The fourth-order valence-corrected chi connectivity index (χ4v) is 3.23. The summed E-state index contributed by atoms with van der Waals surface area (Å²) in [5.41, 5.74) is -3.79. The number of imide groups is 1. The number of anilines is 1. The number of carbonyl (C=O) groups excluding carboxylic acids is 2. The van der Waals surface area contributed by atoms with Gasteiger partial charge in [-0.3, -0.25) is 9.69 Å². The maximum Gasteiger partial charge on any atom is 0.417 e. The van der Waals surface area contributed by atoms with Gasteiger partial charge in [-0.25, -0.2) is 9.69 Å². The van der Waals surface area contributed by atoms with E-state index < -0.39 is 41.5 Å². The minimum Gasteiger partial charge on any atom is -0.508 e. The molecule has 10 heteroatoms. The first-order valence-electron chi connectivity index (χ1n) is 8.23. The highest BCUT2D eigenvalue weighted by Gasteiger charge is 2.56. The van der Waals surface area contributed by atoms with Crippen molar-refractivity contribution in [3.63, 3.8) is 0 Å². The highest BCUT2D eigenvalue weighted by atomic mass is 19.4. The third kappa shape index (κ3) is 3.05. The van der Waals surface area contributed by atoms with Gasteiger partial charge in [-0.05, 0) is 42.8 Å². The summed E-state index contributed by atoms with van der Waals surface area (Å²) in [6.45, 7) is 0.463. The van der Waals surface area contributed by atoms with Gasteiger partial charge in [0.1, 0.15) is 18.0 Å². The summed E-state index contributed by atoms with van der Waals surface area (Å²) in [6.07, 6.45) is -4.87. The molecule has 0 aromatic heterocycles. The lowest BCUT2D eigenvalue weighted by Crippen LogP contribution is -2.44.